The highest BCUT2D eigenvalue weighted by Gasteiger charge is 2.07. The second kappa shape index (κ2) is 7.48. The number of carbonyl (C=O) groups is 1. The summed E-state index contributed by atoms with van der Waals surface area (Å²) in [6.07, 6.45) is 2.25. The van der Waals surface area contributed by atoms with Crippen LogP contribution in [0.4, 0.5) is 5.69 Å². The predicted molar refractivity (Wildman–Crippen MR) is 89.2 cm³/mol. The number of ether oxygens (including phenoxy) is 1. The number of rotatable bonds is 6. The van der Waals surface area contributed by atoms with Crippen LogP contribution in [-0.2, 0) is 17.6 Å². The van der Waals surface area contributed by atoms with E-state index in [1.807, 2.05) is 30.3 Å². The molecule has 0 bridgehead atoms. The number of carbonyl (C=O) groups excluding carboxylic acids is 1. The lowest BCUT2D eigenvalue weighted by Gasteiger charge is -2.11. The van der Waals surface area contributed by atoms with Gasteiger partial charge in [0.15, 0.2) is 0 Å². The van der Waals surface area contributed by atoms with Crippen LogP contribution in [0.15, 0.2) is 40.9 Å². The Morgan fingerprint density at radius 3 is 2.67 bits per heavy atom. The van der Waals surface area contributed by atoms with Crippen LogP contribution in [0.1, 0.15) is 11.1 Å². The average molecular weight is 369 g/mol. The maximum Gasteiger partial charge on any atom is 0.211 e. The van der Waals surface area contributed by atoms with Gasteiger partial charge in [0.05, 0.1) is 7.11 Å². The number of halogens is 2. The van der Waals surface area contributed by atoms with E-state index in [1.165, 1.54) is 0 Å². The maximum atomic E-state index is 10.7. The Bertz CT molecular complexity index is 646. The van der Waals surface area contributed by atoms with Crippen LogP contribution >= 0.6 is 27.5 Å². The van der Waals surface area contributed by atoms with Crippen LogP contribution in [0.3, 0.4) is 0 Å². The minimum absolute atomic E-state index is 0.658. The molecular weight excluding hydrogens is 354 g/mol. The third-order valence-electron chi connectivity index (χ3n) is 3.20. The molecule has 0 spiro atoms. The fourth-order valence-corrected chi connectivity index (χ4v) is 2.75. The molecule has 21 heavy (non-hydrogen) atoms. The summed E-state index contributed by atoms with van der Waals surface area (Å²) in [5.74, 6) is 0.825. The Morgan fingerprint density at radius 1 is 1.19 bits per heavy atom. The summed E-state index contributed by atoms with van der Waals surface area (Å²) >= 11 is 9.58. The van der Waals surface area contributed by atoms with Gasteiger partial charge in [0, 0.05) is 15.2 Å². The van der Waals surface area contributed by atoms with Crippen molar-refractivity contribution in [3.05, 3.63) is 57.0 Å². The Balaban J connectivity index is 2.19. The highest BCUT2D eigenvalue weighted by atomic mass is 79.9. The summed E-state index contributed by atoms with van der Waals surface area (Å²) in [7, 11) is 1.65. The van der Waals surface area contributed by atoms with Gasteiger partial charge in [0.2, 0.25) is 6.41 Å². The largest absolute Gasteiger partial charge is 0.497 e. The lowest BCUT2D eigenvalue weighted by Crippen LogP contribution is -2.01. The third-order valence-corrected chi connectivity index (χ3v) is 4.21. The van der Waals surface area contributed by atoms with E-state index in [4.69, 9.17) is 16.3 Å². The normalized spacial score (nSPS) is 10.2. The molecule has 0 aromatic heterocycles. The molecule has 1 N–H and O–H groups in total. The Kier molecular flexibility index (Phi) is 5.65. The van der Waals surface area contributed by atoms with Crippen LogP contribution in [0.5, 0.6) is 5.75 Å². The molecule has 0 saturated heterocycles. The molecule has 3 nitrogen and oxygen atoms in total. The smallest absolute Gasteiger partial charge is 0.211 e. The highest BCUT2D eigenvalue weighted by Crippen LogP contribution is 2.26. The number of anilines is 1. The topological polar surface area (TPSA) is 38.3 Å². The summed E-state index contributed by atoms with van der Waals surface area (Å²) in [6.45, 7) is 0. The highest BCUT2D eigenvalue weighted by molar-refractivity contribution is 9.10. The van der Waals surface area contributed by atoms with E-state index >= 15 is 0 Å². The van der Waals surface area contributed by atoms with Gasteiger partial charge >= 0.3 is 0 Å². The second-order valence-corrected chi connectivity index (χ2v) is 5.81. The summed E-state index contributed by atoms with van der Waals surface area (Å²) < 4.78 is 6.28. The lowest BCUT2D eigenvalue weighted by molar-refractivity contribution is -0.105. The Morgan fingerprint density at radius 2 is 1.95 bits per heavy atom. The van der Waals surface area contributed by atoms with E-state index in [2.05, 4.69) is 21.2 Å². The quantitative estimate of drug-likeness (QED) is 0.764. The second-order valence-electron chi connectivity index (χ2n) is 4.52. The molecule has 5 heteroatoms. The van der Waals surface area contributed by atoms with Gasteiger partial charge in [-0.25, -0.2) is 0 Å². The molecule has 0 aliphatic heterocycles. The maximum absolute atomic E-state index is 10.7. The molecule has 0 saturated carbocycles. The SMILES string of the molecule is COc1ccc(Br)c(CCc2cc(Cl)ccc2NC=O)c1. The first-order valence-electron chi connectivity index (χ1n) is 6.45. The van der Waals surface area contributed by atoms with Crippen LogP contribution in [-0.4, -0.2) is 13.5 Å². The van der Waals surface area contributed by atoms with Gasteiger partial charge in [0.25, 0.3) is 0 Å². The van der Waals surface area contributed by atoms with Crippen molar-refractivity contribution in [2.45, 2.75) is 12.8 Å². The predicted octanol–water partition coefficient (Wildman–Crippen LogP) is 4.46. The van der Waals surface area contributed by atoms with Gasteiger partial charge in [-0.3, -0.25) is 4.79 Å². The zero-order chi connectivity index (χ0) is 15.2. The molecule has 0 fully saturated rings. The van der Waals surface area contributed by atoms with Gasteiger partial charge < -0.3 is 10.1 Å². The van der Waals surface area contributed by atoms with E-state index in [9.17, 15) is 4.79 Å². The van der Waals surface area contributed by atoms with Crippen molar-refractivity contribution in [3.63, 3.8) is 0 Å². The van der Waals surface area contributed by atoms with Gasteiger partial charge in [0.1, 0.15) is 5.75 Å². The Labute approximate surface area is 137 Å². The van der Waals surface area contributed by atoms with Crippen molar-refractivity contribution >= 4 is 39.6 Å². The molecule has 0 atom stereocenters. The van der Waals surface area contributed by atoms with Gasteiger partial charge in [-0.05, 0) is 60.4 Å². The summed E-state index contributed by atoms with van der Waals surface area (Å²) in [6, 6.07) is 11.3. The zero-order valence-corrected chi connectivity index (χ0v) is 13.9. The van der Waals surface area contributed by atoms with E-state index in [1.54, 1.807) is 13.2 Å². The first-order chi connectivity index (χ1) is 10.1. The number of hydrogen-bond donors (Lipinski definition) is 1. The molecule has 0 aliphatic rings. The molecule has 0 unspecified atom stereocenters. The molecule has 110 valence electrons. The lowest BCUT2D eigenvalue weighted by atomic mass is 10.0. The number of aryl methyl sites for hydroxylation is 2. The van der Waals surface area contributed by atoms with E-state index < -0.39 is 0 Å². The summed E-state index contributed by atoms with van der Waals surface area (Å²) in [4.78, 5) is 10.7. The van der Waals surface area contributed by atoms with Crippen LogP contribution in [0, 0.1) is 0 Å². The molecule has 2 aromatic rings. The van der Waals surface area contributed by atoms with Crippen LogP contribution < -0.4 is 10.1 Å². The average Bonchev–Trinajstić information content (AvgIpc) is 2.49. The number of benzene rings is 2. The van der Waals surface area contributed by atoms with Gasteiger partial charge in [-0.1, -0.05) is 27.5 Å². The van der Waals surface area contributed by atoms with Crippen molar-refractivity contribution < 1.29 is 9.53 Å². The van der Waals surface area contributed by atoms with E-state index in [0.29, 0.717) is 11.4 Å². The number of methoxy groups -OCH3 is 1. The fourth-order valence-electron chi connectivity index (χ4n) is 2.11. The van der Waals surface area contributed by atoms with Crippen molar-refractivity contribution in [1.82, 2.24) is 0 Å². The van der Waals surface area contributed by atoms with Gasteiger partial charge in [-0.2, -0.15) is 0 Å². The van der Waals surface area contributed by atoms with Crippen LogP contribution in [0.2, 0.25) is 5.02 Å². The van der Waals surface area contributed by atoms with Crippen molar-refractivity contribution in [1.29, 1.82) is 0 Å². The summed E-state index contributed by atoms with van der Waals surface area (Å²) in [5.41, 5.74) is 2.93. The monoisotopic (exact) mass is 367 g/mol. The van der Waals surface area contributed by atoms with Crippen molar-refractivity contribution in [2.75, 3.05) is 12.4 Å². The number of hydrogen-bond acceptors (Lipinski definition) is 2. The zero-order valence-electron chi connectivity index (χ0n) is 11.5. The number of amides is 1. The van der Waals surface area contributed by atoms with Crippen molar-refractivity contribution in [3.8, 4) is 5.75 Å². The standard InChI is InChI=1S/C16H15BrClNO2/c1-21-14-5-6-15(17)11(9-14)2-3-12-8-13(18)4-7-16(12)19-10-20/h4-10H,2-3H2,1H3,(H,19,20). The molecule has 2 rings (SSSR count). The van der Waals surface area contributed by atoms with Crippen LogP contribution in [0.25, 0.3) is 0 Å². The number of nitrogens with one attached hydrogen (secondary N) is 1. The van der Waals surface area contributed by atoms with E-state index in [-0.39, 0.29) is 0 Å². The fraction of sp³-hybridized carbons (Fsp3) is 0.188. The Hall–Kier alpha value is -1.52. The molecule has 2 aromatic carbocycles. The molecule has 0 heterocycles. The van der Waals surface area contributed by atoms with Gasteiger partial charge in [-0.15, -0.1) is 0 Å². The van der Waals surface area contributed by atoms with Crippen molar-refractivity contribution in [2.24, 2.45) is 0 Å². The minimum atomic E-state index is 0.658. The minimum Gasteiger partial charge on any atom is -0.497 e. The van der Waals surface area contributed by atoms with E-state index in [0.717, 1.165) is 39.9 Å². The first-order valence-corrected chi connectivity index (χ1v) is 7.62. The molecule has 0 radical (unpaired) electrons. The molecule has 1 amide bonds. The molecule has 0 aliphatic carbocycles. The first kappa shape index (κ1) is 15.9. The molecular formula is C16H15BrClNO2. The summed E-state index contributed by atoms with van der Waals surface area (Å²) in [5, 5.41) is 3.36. The third kappa shape index (κ3) is 4.22.